The van der Waals surface area contributed by atoms with Crippen LogP contribution in [0.5, 0.6) is 0 Å². The van der Waals surface area contributed by atoms with Crippen molar-refractivity contribution in [3.63, 3.8) is 0 Å². The molecule has 0 bridgehead atoms. The molecule has 2 aromatic rings. The van der Waals surface area contributed by atoms with Gasteiger partial charge in [-0.1, -0.05) is 5.16 Å². The van der Waals surface area contributed by atoms with Gasteiger partial charge in [0.05, 0.1) is 18.1 Å². The minimum absolute atomic E-state index is 0.151. The van der Waals surface area contributed by atoms with Gasteiger partial charge in [0.2, 0.25) is 5.88 Å². The Labute approximate surface area is 96.2 Å². The number of carbonyl (C=O) groups excluding carboxylic acids is 1. The molecule has 4 N–H and O–H groups in total. The second-order valence-electron chi connectivity index (χ2n) is 3.22. The molecule has 2 aromatic heterocycles. The molecule has 0 aliphatic heterocycles. The Morgan fingerprint density at radius 3 is 2.76 bits per heavy atom. The Bertz CT molecular complexity index is 521. The predicted molar refractivity (Wildman–Crippen MR) is 59.0 cm³/mol. The molecule has 0 aliphatic rings. The third-order valence-electron chi connectivity index (χ3n) is 1.90. The summed E-state index contributed by atoms with van der Waals surface area (Å²) in [7, 11) is 0. The number of amides is 1. The van der Waals surface area contributed by atoms with E-state index in [-0.39, 0.29) is 11.6 Å². The lowest BCUT2D eigenvalue weighted by atomic mass is 10.4. The van der Waals surface area contributed by atoms with Crippen LogP contribution in [-0.2, 0) is 0 Å². The number of nitrogens with two attached hydrogens (primary N) is 1. The number of aryl methyl sites for hydroxylation is 1. The van der Waals surface area contributed by atoms with Crippen LogP contribution >= 0.6 is 0 Å². The molecule has 0 fully saturated rings. The number of nitrogen functional groups attached to an aromatic ring is 1. The number of nitrogens with one attached hydrogen (secondary N) is 2. The zero-order valence-corrected chi connectivity index (χ0v) is 8.97. The Kier molecular flexibility index (Phi) is 2.97. The van der Waals surface area contributed by atoms with Crippen LogP contribution in [0.3, 0.4) is 0 Å². The number of anilines is 2. The van der Waals surface area contributed by atoms with E-state index in [0.29, 0.717) is 11.5 Å². The first-order valence-electron chi connectivity index (χ1n) is 4.72. The molecule has 88 valence electrons. The molecule has 0 radical (unpaired) electrons. The largest absolute Gasteiger partial charge is 0.338 e. The van der Waals surface area contributed by atoms with Gasteiger partial charge in [0.1, 0.15) is 5.69 Å². The van der Waals surface area contributed by atoms with Gasteiger partial charge >= 0.3 is 0 Å². The van der Waals surface area contributed by atoms with E-state index in [1.807, 2.05) is 0 Å². The molecule has 1 amide bonds. The van der Waals surface area contributed by atoms with E-state index in [2.05, 4.69) is 25.9 Å². The molecule has 0 aromatic carbocycles. The average molecular weight is 234 g/mol. The molecule has 0 saturated heterocycles. The molecule has 8 heteroatoms. The van der Waals surface area contributed by atoms with Crippen molar-refractivity contribution in [1.29, 1.82) is 0 Å². The van der Waals surface area contributed by atoms with Crippen LogP contribution in [0.1, 0.15) is 16.2 Å². The molecule has 2 rings (SSSR count). The molecular weight excluding hydrogens is 224 g/mol. The van der Waals surface area contributed by atoms with Gasteiger partial charge in [0.25, 0.3) is 5.91 Å². The zero-order chi connectivity index (χ0) is 12.3. The lowest BCUT2D eigenvalue weighted by Crippen LogP contribution is -2.15. The second kappa shape index (κ2) is 4.58. The smallest absolute Gasteiger partial charge is 0.278 e. The average Bonchev–Trinajstić information content (AvgIpc) is 2.75. The number of rotatable bonds is 3. The summed E-state index contributed by atoms with van der Waals surface area (Å²) in [6.45, 7) is 1.75. The van der Waals surface area contributed by atoms with Crippen LogP contribution in [0.2, 0.25) is 0 Å². The number of aromatic nitrogens is 3. The van der Waals surface area contributed by atoms with Crippen molar-refractivity contribution in [2.45, 2.75) is 6.92 Å². The molecule has 0 unspecified atom stereocenters. The minimum atomic E-state index is -0.433. The van der Waals surface area contributed by atoms with Gasteiger partial charge in [0.15, 0.2) is 5.82 Å². The van der Waals surface area contributed by atoms with Crippen molar-refractivity contribution in [2.75, 3.05) is 10.7 Å². The maximum absolute atomic E-state index is 11.7. The van der Waals surface area contributed by atoms with Gasteiger partial charge in [-0.3, -0.25) is 10.1 Å². The first kappa shape index (κ1) is 11.0. The van der Waals surface area contributed by atoms with Gasteiger partial charge in [-0.25, -0.2) is 15.8 Å². The SMILES string of the molecule is Cc1cc(NC(=O)c2cnc(NN)cn2)on1. The topological polar surface area (TPSA) is 119 Å². The third kappa shape index (κ3) is 2.55. The number of hydrogen-bond acceptors (Lipinski definition) is 7. The first-order valence-corrected chi connectivity index (χ1v) is 4.72. The number of hydrazine groups is 1. The number of nitrogens with zero attached hydrogens (tertiary/aromatic N) is 3. The lowest BCUT2D eigenvalue weighted by molar-refractivity contribution is 0.101. The summed E-state index contributed by atoms with van der Waals surface area (Å²) in [5.41, 5.74) is 3.14. The summed E-state index contributed by atoms with van der Waals surface area (Å²) in [6, 6.07) is 1.60. The molecule has 8 nitrogen and oxygen atoms in total. The highest BCUT2D eigenvalue weighted by Crippen LogP contribution is 2.09. The minimum Gasteiger partial charge on any atom is -0.338 e. The fourth-order valence-electron chi connectivity index (χ4n) is 1.12. The highest BCUT2D eigenvalue weighted by molar-refractivity contribution is 6.01. The zero-order valence-electron chi connectivity index (χ0n) is 8.97. The third-order valence-corrected chi connectivity index (χ3v) is 1.90. The maximum Gasteiger partial charge on any atom is 0.278 e. The molecule has 0 aliphatic carbocycles. The van der Waals surface area contributed by atoms with E-state index in [1.54, 1.807) is 13.0 Å². The molecule has 0 spiro atoms. The summed E-state index contributed by atoms with van der Waals surface area (Å²) in [5.74, 6) is 5.32. The second-order valence-corrected chi connectivity index (χ2v) is 3.22. The van der Waals surface area contributed by atoms with Crippen molar-refractivity contribution >= 4 is 17.6 Å². The molecule has 0 saturated carbocycles. The monoisotopic (exact) mass is 234 g/mol. The Hall–Kier alpha value is -2.48. The van der Waals surface area contributed by atoms with Gasteiger partial charge in [0, 0.05) is 6.07 Å². The van der Waals surface area contributed by atoms with Gasteiger partial charge in [-0.15, -0.1) is 0 Å². The lowest BCUT2D eigenvalue weighted by Gasteiger charge is -2.01. The predicted octanol–water partition coefficient (Wildman–Crippen LogP) is 0.311. The van der Waals surface area contributed by atoms with Gasteiger partial charge in [-0.2, -0.15) is 0 Å². The van der Waals surface area contributed by atoms with Gasteiger partial charge < -0.3 is 9.95 Å². The summed E-state index contributed by atoms with van der Waals surface area (Å²) in [6.07, 6.45) is 2.65. The Morgan fingerprint density at radius 1 is 1.41 bits per heavy atom. The summed E-state index contributed by atoms with van der Waals surface area (Å²) >= 11 is 0. The van der Waals surface area contributed by atoms with Crippen molar-refractivity contribution in [3.05, 3.63) is 29.8 Å². The summed E-state index contributed by atoms with van der Waals surface area (Å²) < 4.78 is 4.84. The van der Waals surface area contributed by atoms with Crippen molar-refractivity contribution in [1.82, 2.24) is 15.1 Å². The molecule has 2 heterocycles. The van der Waals surface area contributed by atoms with E-state index in [1.165, 1.54) is 12.4 Å². The standard InChI is InChI=1S/C9H10N6O2/c1-5-2-8(17-15-5)13-9(16)6-3-12-7(14-10)4-11-6/h2-4H,10H2,1H3,(H,12,14)(H,13,16). The summed E-state index contributed by atoms with van der Waals surface area (Å²) in [5, 5.41) is 6.13. The van der Waals surface area contributed by atoms with Crippen LogP contribution in [0, 0.1) is 6.92 Å². The van der Waals surface area contributed by atoms with Crippen molar-refractivity contribution < 1.29 is 9.32 Å². The van der Waals surface area contributed by atoms with Crippen LogP contribution in [0.15, 0.2) is 23.0 Å². The highest BCUT2D eigenvalue weighted by Gasteiger charge is 2.10. The normalized spacial score (nSPS) is 10.0. The molecule has 0 atom stereocenters. The van der Waals surface area contributed by atoms with Crippen molar-refractivity contribution in [3.8, 4) is 0 Å². The van der Waals surface area contributed by atoms with E-state index in [0.717, 1.165) is 0 Å². The quantitative estimate of drug-likeness (QED) is 0.516. The van der Waals surface area contributed by atoms with Crippen LogP contribution in [-0.4, -0.2) is 21.0 Å². The fraction of sp³-hybridized carbons (Fsp3) is 0.111. The van der Waals surface area contributed by atoms with E-state index in [4.69, 9.17) is 10.4 Å². The number of carbonyl (C=O) groups is 1. The van der Waals surface area contributed by atoms with E-state index in [9.17, 15) is 4.79 Å². The van der Waals surface area contributed by atoms with E-state index < -0.39 is 5.91 Å². The fourth-order valence-corrected chi connectivity index (χ4v) is 1.12. The van der Waals surface area contributed by atoms with Crippen LogP contribution in [0.4, 0.5) is 11.7 Å². The summed E-state index contributed by atoms with van der Waals surface area (Å²) in [4.78, 5) is 19.4. The van der Waals surface area contributed by atoms with Crippen LogP contribution in [0.25, 0.3) is 0 Å². The Morgan fingerprint density at radius 2 is 2.24 bits per heavy atom. The number of hydrogen-bond donors (Lipinski definition) is 3. The van der Waals surface area contributed by atoms with Crippen molar-refractivity contribution in [2.24, 2.45) is 5.84 Å². The molecular formula is C9H10N6O2. The highest BCUT2D eigenvalue weighted by atomic mass is 16.5. The van der Waals surface area contributed by atoms with E-state index >= 15 is 0 Å². The first-order chi connectivity index (χ1) is 8.19. The van der Waals surface area contributed by atoms with Gasteiger partial charge in [-0.05, 0) is 6.92 Å². The van der Waals surface area contributed by atoms with Crippen LogP contribution < -0.4 is 16.6 Å². The Balaban J connectivity index is 2.09. The maximum atomic E-state index is 11.7. The molecule has 17 heavy (non-hydrogen) atoms.